The molecule has 8 nitrogen and oxygen atoms in total. The van der Waals surface area contributed by atoms with Crippen LogP contribution in [0.3, 0.4) is 0 Å². The number of halogens is 7. The summed E-state index contributed by atoms with van der Waals surface area (Å²) in [5.41, 5.74) is -2.76. The van der Waals surface area contributed by atoms with Crippen LogP contribution in [-0.4, -0.2) is 53.8 Å². The van der Waals surface area contributed by atoms with Crippen LogP contribution in [0.15, 0.2) is 59.5 Å². The largest absolute Gasteiger partial charge is 0.466 e. The number of benzene rings is 3. The Morgan fingerprint density at radius 3 is 2.40 bits per heavy atom. The normalized spacial score (nSPS) is 17.7. The zero-order valence-corrected chi connectivity index (χ0v) is 28.8. The van der Waals surface area contributed by atoms with Crippen LogP contribution in [0.1, 0.15) is 58.8 Å². The number of fused-ring (bicyclic) bond motifs is 6. The SMILES string of the molecule is CCOC(=O)C[C@@H]1NC(=O)C(n2cc(CCN3CC(F)C3)c(C(F)(F)F)cc2=O)c2cc(ccc2F)Oc2cc(F)cc(C)c2-c2cc(C)c(F)c1c2. The predicted octanol–water partition coefficient (Wildman–Crippen LogP) is 7.27. The number of amides is 1. The molecule has 4 bridgehead atoms. The first kappa shape index (κ1) is 37.6. The molecule has 6 rings (SSSR count). The highest BCUT2D eigenvalue weighted by molar-refractivity contribution is 5.85. The van der Waals surface area contributed by atoms with Gasteiger partial charge in [-0.1, -0.05) is 0 Å². The maximum absolute atomic E-state index is 16.1. The summed E-state index contributed by atoms with van der Waals surface area (Å²) in [4.78, 5) is 42.5. The summed E-state index contributed by atoms with van der Waals surface area (Å²) in [7, 11) is 0. The average molecular weight is 746 g/mol. The summed E-state index contributed by atoms with van der Waals surface area (Å²) in [6.07, 6.45) is -6.28. The second-order valence-corrected chi connectivity index (χ2v) is 13.1. The van der Waals surface area contributed by atoms with E-state index in [1.165, 1.54) is 38.1 Å². The smallest absolute Gasteiger partial charge is 0.416 e. The third-order valence-corrected chi connectivity index (χ3v) is 9.30. The van der Waals surface area contributed by atoms with E-state index in [9.17, 15) is 36.3 Å². The molecule has 280 valence electrons. The monoisotopic (exact) mass is 745 g/mol. The second-order valence-electron chi connectivity index (χ2n) is 13.1. The first-order chi connectivity index (χ1) is 25.0. The number of alkyl halides is 4. The molecule has 15 heteroatoms. The standard InChI is InChI=1S/C38H34F7N3O5/c1-4-52-33(50)15-30-27-11-22(9-20(3)35(27)42)34-19(2)10-23(39)12-31(34)53-25-5-6-29(41)26(13-25)36(37(51)46-30)48-16-21(7-8-47-17-24(40)18-47)28(14-32(48)49)38(43,44)45/h5-6,9-14,16,24,30,36H,4,7-8,15,17-18H2,1-3H3,(H,46,51)/t30-,36?/m0/s1. The van der Waals surface area contributed by atoms with Crippen molar-refractivity contribution in [2.75, 3.05) is 26.2 Å². The number of ether oxygens (including phenoxy) is 2. The van der Waals surface area contributed by atoms with Crippen LogP contribution >= 0.6 is 0 Å². The Labute approximate surface area is 299 Å². The van der Waals surface area contributed by atoms with Gasteiger partial charge in [0.2, 0.25) is 5.91 Å². The predicted molar refractivity (Wildman–Crippen MR) is 179 cm³/mol. The Morgan fingerprint density at radius 2 is 1.72 bits per heavy atom. The van der Waals surface area contributed by atoms with Crippen molar-refractivity contribution >= 4 is 11.9 Å². The Hall–Kier alpha value is -5.18. The van der Waals surface area contributed by atoms with Crippen molar-refractivity contribution in [2.45, 2.75) is 58.0 Å². The van der Waals surface area contributed by atoms with Gasteiger partial charge in [-0.3, -0.25) is 23.9 Å². The van der Waals surface area contributed by atoms with Gasteiger partial charge in [-0.2, -0.15) is 13.2 Å². The van der Waals surface area contributed by atoms with Gasteiger partial charge in [-0.25, -0.2) is 17.6 Å². The van der Waals surface area contributed by atoms with Crippen LogP contribution in [0.2, 0.25) is 0 Å². The third-order valence-electron chi connectivity index (χ3n) is 9.30. The molecular weight excluding hydrogens is 711 g/mol. The Balaban J connectivity index is 1.59. The van der Waals surface area contributed by atoms with E-state index in [2.05, 4.69) is 5.32 Å². The highest BCUT2D eigenvalue weighted by atomic mass is 19.4. The summed E-state index contributed by atoms with van der Waals surface area (Å²) in [6.45, 7) is 4.49. The van der Waals surface area contributed by atoms with E-state index < -0.39 is 82.4 Å². The number of aryl methyl sites for hydroxylation is 2. The molecule has 2 atom stereocenters. The molecule has 0 radical (unpaired) electrons. The molecule has 0 spiro atoms. The van der Waals surface area contributed by atoms with Gasteiger partial charge in [0.05, 0.1) is 24.6 Å². The number of pyridine rings is 1. The van der Waals surface area contributed by atoms with Gasteiger partial charge >= 0.3 is 12.1 Å². The first-order valence-electron chi connectivity index (χ1n) is 16.8. The molecule has 1 saturated heterocycles. The van der Waals surface area contributed by atoms with Gasteiger partial charge in [0, 0.05) is 54.7 Å². The third kappa shape index (κ3) is 7.80. The van der Waals surface area contributed by atoms with Crippen LogP contribution < -0.4 is 15.6 Å². The molecule has 3 aromatic carbocycles. The Bertz CT molecular complexity index is 2150. The topological polar surface area (TPSA) is 89.9 Å². The van der Waals surface area contributed by atoms with Crippen LogP contribution in [0, 0.1) is 31.3 Å². The number of esters is 1. The van der Waals surface area contributed by atoms with Gasteiger partial charge in [-0.05, 0) is 85.8 Å². The molecule has 53 heavy (non-hydrogen) atoms. The minimum Gasteiger partial charge on any atom is -0.466 e. The van der Waals surface area contributed by atoms with E-state index in [0.717, 1.165) is 24.4 Å². The van der Waals surface area contributed by atoms with E-state index in [1.807, 2.05) is 0 Å². The summed E-state index contributed by atoms with van der Waals surface area (Å²) in [5.74, 6) is -4.87. The van der Waals surface area contributed by atoms with Gasteiger partial charge in [-0.15, -0.1) is 0 Å². The number of hydrogen-bond acceptors (Lipinski definition) is 6. The zero-order chi connectivity index (χ0) is 38.4. The number of rotatable bonds is 7. The van der Waals surface area contributed by atoms with E-state index in [0.29, 0.717) is 27.3 Å². The number of carbonyl (C=O) groups excluding carboxylic acids is 2. The first-order valence-corrected chi connectivity index (χ1v) is 16.8. The summed E-state index contributed by atoms with van der Waals surface area (Å²) < 4.78 is 115. The molecule has 2 aliphatic rings. The molecule has 1 fully saturated rings. The Morgan fingerprint density at radius 1 is 0.981 bits per heavy atom. The maximum atomic E-state index is 16.1. The number of nitrogens with one attached hydrogen (secondary N) is 1. The van der Waals surface area contributed by atoms with E-state index >= 15 is 8.78 Å². The lowest BCUT2D eigenvalue weighted by Gasteiger charge is -2.34. The van der Waals surface area contributed by atoms with Crippen LogP contribution in [0.5, 0.6) is 11.5 Å². The molecule has 1 unspecified atom stereocenters. The van der Waals surface area contributed by atoms with Crippen molar-refractivity contribution in [2.24, 2.45) is 0 Å². The van der Waals surface area contributed by atoms with Crippen molar-refractivity contribution < 1.29 is 49.8 Å². The van der Waals surface area contributed by atoms with Crippen LogP contribution in [-0.2, 0) is 26.9 Å². The second kappa shape index (κ2) is 14.7. The fourth-order valence-corrected chi connectivity index (χ4v) is 6.80. The number of hydrogen-bond donors (Lipinski definition) is 1. The van der Waals surface area contributed by atoms with Gasteiger partial charge in [0.25, 0.3) is 5.56 Å². The fraction of sp³-hybridized carbons (Fsp3) is 0.342. The number of nitrogens with zero attached hydrogens (tertiary/aromatic N) is 2. The van der Waals surface area contributed by atoms with Crippen molar-refractivity contribution in [3.05, 3.63) is 116 Å². The Kier molecular flexibility index (Phi) is 10.4. The molecular formula is C38H34F7N3O5. The van der Waals surface area contributed by atoms with Crippen LogP contribution in [0.4, 0.5) is 30.7 Å². The molecule has 1 aromatic heterocycles. The van der Waals surface area contributed by atoms with Gasteiger partial charge in [0.1, 0.15) is 41.2 Å². The number of carbonyl (C=O) groups is 2. The maximum Gasteiger partial charge on any atom is 0.416 e. The molecule has 1 N–H and O–H groups in total. The fourth-order valence-electron chi connectivity index (χ4n) is 6.80. The molecule has 3 heterocycles. The van der Waals surface area contributed by atoms with Crippen molar-refractivity contribution in [1.29, 1.82) is 0 Å². The summed E-state index contributed by atoms with van der Waals surface area (Å²) >= 11 is 0. The minimum absolute atomic E-state index is 0.00959. The van der Waals surface area contributed by atoms with Crippen molar-refractivity contribution in [3.8, 4) is 22.6 Å². The van der Waals surface area contributed by atoms with E-state index in [-0.39, 0.29) is 55.3 Å². The lowest BCUT2D eigenvalue weighted by molar-refractivity contribution is -0.144. The summed E-state index contributed by atoms with van der Waals surface area (Å²) in [6, 6.07) is 4.94. The van der Waals surface area contributed by atoms with E-state index in [1.54, 1.807) is 11.8 Å². The quantitative estimate of drug-likeness (QED) is 0.158. The molecule has 0 aliphatic carbocycles. The minimum atomic E-state index is -5.00. The van der Waals surface area contributed by atoms with Crippen LogP contribution in [0.25, 0.3) is 11.1 Å². The molecule has 2 aliphatic heterocycles. The van der Waals surface area contributed by atoms with Gasteiger partial charge in [0.15, 0.2) is 0 Å². The molecule has 4 aromatic rings. The van der Waals surface area contributed by atoms with Gasteiger partial charge < -0.3 is 14.8 Å². The zero-order valence-electron chi connectivity index (χ0n) is 28.8. The lowest BCUT2D eigenvalue weighted by atomic mass is 9.92. The number of likely N-dealkylation sites (tertiary alicyclic amines) is 1. The lowest BCUT2D eigenvalue weighted by Crippen LogP contribution is -2.49. The van der Waals surface area contributed by atoms with Crippen molar-refractivity contribution in [3.63, 3.8) is 0 Å². The summed E-state index contributed by atoms with van der Waals surface area (Å²) in [5, 5.41) is 2.54. The molecule has 1 amide bonds. The highest BCUT2D eigenvalue weighted by Gasteiger charge is 2.38. The van der Waals surface area contributed by atoms with E-state index in [4.69, 9.17) is 9.47 Å². The highest BCUT2D eigenvalue weighted by Crippen LogP contribution is 2.41. The van der Waals surface area contributed by atoms with Crippen molar-refractivity contribution in [1.82, 2.24) is 14.8 Å². The molecule has 0 saturated carbocycles. The average Bonchev–Trinajstić information content (AvgIpc) is 3.05. The number of aromatic nitrogens is 1.